The highest BCUT2D eigenvalue weighted by Crippen LogP contribution is 2.39. The molecule has 1 amide bonds. The number of aromatic nitrogens is 1. The van der Waals surface area contributed by atoms with Crippen LogP contribution in [0.1, 0.15) is 74.0 Å². The molecule has 2 heterocycles. The highest BCUT2D eigenvalue weighted by molar-refractivity contribution is 6.35. The number of amides is 1. The van der Waals surface area contributed by atoms with Gasteiger partial charge in [-0.15, -0.1) is 0 Å². The second-order valence-electron chi connectivity index (χ2n) is 13.1. The number of rotatable bonds is 13. The zero-order valence-corrected chi connectivity index (χ0v) is 30.0. The van der Waals surface area contributed by atoms with Gasteiger partial charge in [-0.05, 0) is 93.8 Å². The number of ether oxygens (including phenoxy) is 6. The van der Waals surface area contributed by atoms with Gasteiger partial charge in [-0.3, -0.25) is 9.88 Å². The predicted octanol–water partition coefficient (Wildman–Crippen LogP) is 8.23. The molecule has 0 radical (unpaired) electrons. The highest BCUT2D eigenvalue weighted by Gasteiger charge is 2.38. The van der Waals surface area contributed by atoms with Crippen LogP contribution in [0.5, 0.6) is 23.0 Å². The molecule has 2 aromatic carbocycles. The average Bonchev–Trinajstić information content (AvgIpc) is 3.76. The minimum Gasteiger partial charge on any atom is -0.493 e. The van der Waals surface area contributed by atoms with Gasteiger partial charge in [0.15, 0.2) is 23.0 Å². The lowest BCUT2D eigenvalue weighted by atomic mass is 10.0. The molecule has 1 aliphatic heterocycles. The highest BCUT2D eigenvalue weighted by atomic mass is 35.5. The summed E-state index contributed by atoms with van der Waals surface area (Å²) < 4.78 is 59.5. The summed E-state index contributed by atoms with van der Waals surface area (Å²) in [5.74, 6) is -1.29. The molecule has 0 N–H and O–H groups in total. The summed E-state index contributed by atoms with van der Waals surface area (Å²) in [6.45, 7) is 2.72. The fraction of sp³-hybridized carbons (Fsp3) is 0.444. The van der Waals surface area contributed by atoms with Crippen LogP contribution in [0.25, 0.3) is 0 Å². The Balaban J connectivity index is 1.41. The van der Waals surface area contributed by atoms with Crippen LogP contribution in [-0.4, -0.2) is 66.4 Å². The summed E-state index contributed by atoms with van der Waals surface area (Å²) in [5, 5.41) is 0.440. The van der Waals surface area contributed by atoms with Crippen LogP contribution in [0.4, 0.5) is 13.6 Å². The first-order valence-electron chi connectivity index (χ1n) is 16.3. The third-order valence-corrected chi connectivity index (χ3v) is 8.73. The number of carbonyl (C=O) groups excluding carboxylic acids is 3. The Hall–Kier alpha value is -4.36. The molecule has 2 atom stereocenters. The first kappa shape index (κ1) is 37.9. The standard InChI is InChI=1S/C36H38Cl2F2N2O9/c1-36(2,3)51-35(45)42-13-5-6-26(42)33(44)49-31-15-22(10-11-27(31)46-4)32(43)48-29(16-23-24(37)17-41-18-25(23)38)21-9-12-28(50-34(39)40)30(14-21)47-19-20-7-8-20/h9-12,14-15,17-18,20,26,29,34H,5-8,13,16,19H2,1-4H3. The number of hydrogen-bond acceptors (Lipinski definition) is 10. The Kier molecular flexibility index (Phi) is 12.1. The van der Waals surface area contributed by atoms with E-state index in [9.17, 15) is 23.2 Å². The van der Waals surface area contributed by atoms with Crippen LogP contribution in [0.3, 0.4) is 0 Å². The van der Waals surface area contributed by atoms with E-state index in [0.29, 0.717) is 43.0 Å². The maximum atomic E-state index is 13.8. The van der Waals surface area contributed by atoms with Crippen LogP contribution < -0.4 is 18.9 Å². The van der Waals surface area contributed by atoms with E-state index < -0.39 is 42.4 Å². The van der Waals surface area contributed by atoms with Crippen molar-refractivity contribution in [3.8, 4) is 23.0 Å². The van der Waals surface area contributed by atoms with E-state index in [2.05, 4.69) is 9.72 Å². The van der Waals surface area contributed by atoms with Gasteiger partial charge in [-0.1, -0.05) is 29.3 Å². The Morgan fingerprint density at radius 1 is 0.961 bits per heavy atom. The monoisotopic (exact) mass is 750 g/mol. The Labute approximate surface area is 304 Å². The van der Waals surface area contributed by atoms with Crippen LogP contribution in [0, 0.1) is 5.92 Å². The van der Waals surface area contributed by atoms with E-state index in [4.69, 9.17) is 46.9 Å². The first-order valence-corrected chi connectivity index (χ1v) is 17.1. The average molecular weight is 752 g/mol. The molecule has 51 heavy (non-hydrogen) atoms. The number of carbonyl (C=O) groups is 3. The molecule has 2 fully saturated rings. The summed E-state index contributed by atoms with van der Waals surface area (Å²) in [6, 6.07) is 7.50. The predicted molar refractivity (Wildman–Crippen MR) is 182 cm³/mol. The number of likely N-dealkylation sites (tertiary alicyclic amines) is 1. The zero-order valence-electron chi connectivity index (χ0n) is 28.5. The Morgan fingerprint density at radius 3 is 2.31 bits per heavy atom. The molecule has 1 aromatic heterocycles. The summed E-state index contributed by atoms with van der Waals surface area (Å²) >= 11 is 12.9. The van der Waals surface area contributed by atoms with Crippen molar-refractivity contribution >= 4 is 41.2 Å². The topological polar surface area (TPSA) is 123 Å². The molecule has 2 aliphatic rings. The normalized spacial score (nSPS) is 16.4. The van der Waals surface area contributed by atoms with Crippen molar-refractivity contribution in [3.05, 3.63) is 75.5 Å². The minimum absolute atomic E-state index is 0.00574. The Bertz CT molecular complexity index is 1730. The van der Waals surface area contributed by atoms with Gasteiger partial charge < -0.3 is 28.4 Å². The molecular weight excluding hydrogens is 713 g/mol. The summed E-state index contributed by atoms with van der Waals surface area (Å²) in [7, 11) is 1.37. The fourth-order valence-corrected chi connectivity index (χ4v) is 5.90. The van der Waals surface area contributed by atoms with Crippen molar-refractivity contribution in [2.24, 2.45) is 5.92 Å². The number of methoxy groups -OCH3 is 1. The molecule has 1 saturated heterocycles. The van der Waals surface area contributed by atoms with Crippen molar-refractivity contribution in [3.63, 3.8) is 0 Å². The van der Waals surface area contributed by atoms with E-state index in [1.165, 1.54) is 60.8 Å². The number of pyridine rings is 1. The number of alkyl halides is 2. The van der Waals surface area contributed by atoms with Crippen molar-refractivity contribution in [2.75, 3.05) is 20.3 Å². The van der Waals surface area contributed by atoms with Crippen LogP contribution >= 0.6 is 23.2 Å². The third kappa shape index (κ3) is 10.1. The van der Waals surface area contributed by atoms with Gasteiger partial charge in [0.05, 0.1) is 29.3 Å². The summed E-state index contributed by atoms with van der Waals surface area (Å²) in [5.41, 5.74) is 0.0391. The van der Waals surface area contributed by atoms with E-state index in [-0.39, 0.29) is 45.0 Å². The fourth-order valence-electron chi connectivity index (χ4n) is 5.38. The van der Waals surface area contributed by atoms with Crippen LogP contribution in [0.15, 0.2) is 48.8 Å². The van der Waals surface area contributed by atoms with E-state index in [1.54, 1.807) is 20.8 Å². The molecule has 1 aliphatic carbocycles. The largest absolute Gasteiger partial charge is 0.493 e. The molecule has 2 unspecified atom stereocenters. The van der Waals surface area contributed by atoms with Gasteiger partial charge in [-0.25, -0.2) is 14.4 Å². The van der Waals surface area contributed by atoms with E-state index >= 15 is 0 Å². The molecule has 0 bridgehead atoms. The lowest BCUT2D eigenvalue weighted by Crippen LogP contribution is -2.44. The molecule has 274 valence electrons. The van der Waals surface area contributed by atoms with Gasteiger partial charge in [0.1, 0.15) is 17.7 Å². The molecule has 0 spiro atoms. The number of nitrogens with zero attached hydrogens (tertiary/aromatic N) is 2. The minimum atomic E-state index is -3.09. The number of halogens is 4. The maximum Gasteiger partial charge on any atom is 0.411 e. The number of hydrogen-bond donors (Lipinski definition) is 0. The maximum absolute atomic E-state index is 13.8. The molecule has 1 saturated carbocycles. The molecule has 11 nitrogen and oxygen atoms in total. The number of esters is 2. The number of benzene rings is 2. The smallest absolute Gasteiger partial charge is 0.411 e. The van der Waals surface area contributed by atoms with Crippen molar-refractivity contribution in [1.82, 2.24) is 9.88 Å². The lowest BCUT2D eigenvalue weighted by molar-refractivity contribution is -0.139. The van der Waals surface area contributed by atoms with Gasteiger partial charge in [0.25, 0.3) is 0 Å². The molecule has 15 heteroatoms. The Morgan fingerprint density at radius 2 is 1.67 bits per heavy atom. The van der Waals surface area contributed by atoms with Crippen molar-refractivity contribution in [2.45, 2.75) is 77.2 Å². The van der Waals surface area contributed by atoms with Crippen molar-refractivity contribution in [1.29, 1.82) is 0 Å². The third-order valence-electron chi connectivity index (χ3n) is 8.08. The van der Waals surface area contributed by atoms with Gasteiger partial charge in [0.2, 0.25) is 0 Å². The molecule has 3 aromatic rings. The summed E-state index contributed by atoms with van der Waals surface area (Å²) in [4.78, 5) is 45.2. The van der Waals surface area contributed by atoms with Crippen molar-refractivity contribution < 1.29 is 51.6 Å². The first-order chi connectivity index (χ1) is 24.2. The van der Waals surface area contributed by atoms with Crippen LogP contribution in [-0.2, 0) is 20.7 Å². The SMILES string of the molecule is COc1ccc(C(=O)OC(Cc2c(Cl)cncc2Cl)c2ccc(OC(F)F)c(OCC3CC3)c2)cc1OC(=O)C1CCCN1C(=O)OC(C)(C)C. The lowest BCUT2D eigenvalue weighted by Gasteiger charge is -2.27. The second-order valence-corrected chi connectivity index (χ2v) is 14.0. The molecule has 5 rings (SSSR count). The second kappa shape index (κ2) is 16.3. The zero-order chi connectivity index (χ0) is 36.9. The summed E-state index contributed by atoms with van der Waals surface area (Å²) in [6.07, 6.45) is 3.92. The quantitative estimate of drug-likeness (QED) is 0.125. The van der Waals surface area contributed by atoms with Gasteiger partial charge in [0, 0.05) is 25.4 Å². The van der Waals surface area contributed by atoms with Crippen LogP contribution in [0.2, 0.25) is 10.0 Å². The van der Waals surface area contributed by atoms with E-state index in [1.807, 2.05) is 0 Å². The van der Waals surface area contributed by atoms with Gasteiger partial charge in [-0.2, -0.15) is 8.78 Å². The van der Waals surface area contributed by atoms with Gasteiger partial charge >= 0.3 is 24.6 Å². The van der Waals surface area contributed by atoms with E-state index in [0.717, 1.165) is 12.8 Å². The molecular formula is C36H38Cl2F2N2O9.